The highest BCUT2D eigenvalue weighted by molar-refractivity contribution is 6.39. The highest BCUT2D eigenvalue weighted by Crippen LogP contribution is 2.38. The van der Waals surface area contributed by atoms with Crippen LogP contribution < -0.4 is 0 Å². The first-order valence-electron chi connectivity index (χ1n) is 25.1. The van der Waals surface area contributed by atoms with Crippen LogP contribution in [0.3, 0.4) is 0 Å². The fraction of sp³-hybridized carbons (Fsp3) is 0.722. The van der Waals surface area contributed by atoms with Gasteiger partial charge in [0.05, 0.1) is 30.1 Å². The molecule has 0 radical (unpaired) electrons. The van der Waals surface area contributed by atoms with Gasteiger partial charge in [0, 0.05) is 58.5 Å². The minimum absolute atomic E-state index is 0.0185. The summed E-state index contributed by atoms with van der Waals surface area (Å²) in [6, 6.07) is -1.13. The average Bonchev–Trinajstić information content (AvgIpc) is 3.33. The van der Waals surface area contributed by atoms with Crippen LogP contribution in [0.1, 0.15) is 126 Å². The molecule has 4 aliphatic rings. The van der Waals surface area contributed by atoms with Gasteiger partial charge in [0.15, 0.2) is 12.4 Å². The Balaban J connectivity index is 1.78. The standard InChI is InChI=1S/C54H82N2O13/c1-12-26-67-55-42-32-46(36(5)29-40-22-24-44(57)47(30-40)65-10)68-53(62)43-20-16-17-25-56(43)52(61)51(60)54(63)39(8)21-23-41(69-54)31-45(64-9)34(3)19-15-13-14-18-33(2)27-37(6)48(58)50(66-11)49(59)38(7)28-35(42)4/h1,13-15,18-19,28,33,35-37,39-41,43-47,49-50,57,59,63H,16-17,20-27,29-32H2,2-11H3/b15-13+,18-14+,34-19+,38-28+,55-42?/t33-,35-,36-,37-,39-,40+,41+,43+,44-,45+,46+,47?,49-,50+,54-/m1/s1. The maximum absolute atomic E-state index is 14.6. The Bertz CT molecular complexity index is 1920. The quantitative estimate of drug-likeness (QED) is 0.0587. The minimum atomic E-state index is -2.43. The number of oxime groups is 1. The molecule has 15 nitrogen and oxygen atoms in total. The largest absolute Gasteiger partial charge is 0.460 e. The third-order valence-corrected chi connectivity index (χ3v) is 14.8. The zero-order valence-corrected chi connectivity index (χ0v) is 42.8. The van der Waals surface area contributed by atoms with Crippen LogP contribution in [0, 0.1) is 47.9 Å². The van der Waals surface area contributed by atoms with Crippen molar-refractivity contribution < 1.29 is 63.0 Å². The molecule has 1 saturated carbocycles. The first-order chi connectivity index (χ1) is 32.8. The molecular formula is C54H82N2O13. The molecule has 0 aromatic heterocycles. The van der Waals surface area contributed by atoms with E-state index in [0.29, 0.717) is 69.1 Å². The lowest BCUT2D eigenvalue weighted by Crippen LogP contribution is -2.61. The van der Waals surface area contributed by atoms with Crippen LogP contribution in [0.2, 0.25) is 0 Å². The highest BCUT2D eigenvalue weighted by atomic mass is 16.6. The van der Waals surface area contributed by atoms with Gasteiger partial charge in [-0.2, -0.15) is 0 Å². The van der Waals surface area contributed by atoms with Gasteiger partial charge in [-0.1, -0.05) is 82.2 Å². The SMILES string of the molecule is C#CCON=C1C[C@@H]([C@H](C)C[C@@H]2CC[C@@H](O)C(OC)C2)OC(=O)[C@@H]2CCCCN2C(=O)C(=O)[C@]2(O)O[C@@H](CC[C@H]2C)C[C@H](OC)/C(C)=C/C=C/C=C/[C@@H](C)C[C@@H](C)C(=O)[C@H](OC)[C@H](O)/C(C)=C/[C@H]1C. The number of fused-ring (bicyclic) bond motifs is 3. The molecule has 15 atom stereocenters. The molecule has 4 rings (SSSR count). The molecule has 3 aliphatic heterocycles. The van der Waals surface area contributed by atoms with E-state index in [2.05, 4.69) is 11.1 Å². The van der Waals surface area contributed by atoms with Crippen molar-refractivity contribution in [1.29, 1.82) is 0 Å². The number of methoxy groups -OCH3 is 3. The molecule has 1 amide bonds. The van der Waals surface area contributed by atoms with Crippen LogP contribution >= 0.6 is 0 Å². The van der Waals surface area contributed by atoms with Gasteiger partial charge in [-0.3, -0.25) is 14.4 Å². The third-order valence-electron chi connectivity index (χ3n) is 14.8. The number of ether oxygens (including phenoxy) is 5. The Morgan fingerprint density at radius 2 is 1.65 bits per heavy atom. The molecule has 2 bridgehead atoms. The maximum atomic E-state index is 14.6. The number of hydrogen-bond donors (Lipinski definition) is 3. The molecule has 1 unspecified atom stereocenters. The van der Waals surface area contributed by atoms with Crippen molar-refractivity contribution >= 4 is 29.2 Å². The molecule has 3 fully saturated rings. The van der Waals surface area contributed by atoms with E-state index in [4.69, 9.17) is 34.9 Å². The normalized spacial score (nSPS) is 39.2. The third kappa shape index (κ3) is 15.7. The number of carbonyl (C=O) groups is 4. The molecule has 3 N–H and O–H groups in total. The molecule has 0 aromatic carbocycles. The molecule has 15 heteroatoms. The van der Waals surface area contributed by atoms with Gasteiger partial charge in [-0.05, 0) is 107 Å². The van der Waals surface area contributed by atoms with Gasteiger partial charge in [0.1, 0.15) is 24.4 Å². The van der Waals surface area contributed by atoms with E-state index in [9.17, 15) is 34.5 Å². The van der Waals surface area contributed by atoms with Crippen molar-refractivity contribution in [1.82, 2.24) is 4.90 Å². The molecule has 386 valence electrons. The van der Waals surface area contributed by atoms with Crippen LogP contribution in [-0.4, -0.2) is 138 Å². The molecule has 69 heavy (non-hydrogen) atoms. The number of hydrogen-bond acceptors (Lipinski definition) is 14. The number of esters is 1. The molecule has 1 aliphatic carbocycles. The van der Waals surface area contributed by atoms with Gasteiger partial charge in [0.2, 0.25) is 5.79 Å². The van der Waals surface area contributed by atoms with Gasteiger partial charge < -0.3 is 48.7 Å². The number of ketones is 2. The zero-order valence-electron chi connectivity index (χ0n) is 42.8. The van der Waals surface area contributed by atoms with Gasteiger partial charge in [-0.25, -0.2) is 4.79 Å². The van der Waals surface area contributed by atoms with Crippen LogP contribution in [0.5, 0.6) is 0 Å². The topological polar surface area (TPSA) is 200 Å². The minimum Gasteiger partial charge on any atom is -0.460 e. The summed E-state index contributed by atoms with van der Waals surface area (Å²) < 4.78 is 29.8. The summed E-state index contributed by atoms with van der Waals surface area (Å²) in [6.45, 7) is 12.9. The van der Waals surface area contributed by atoms with Crippen LogP contribution in [-0.2, 0) is 47.7 Å². The van der Waals surface area contributed by atoms with Crippen LogP contribution in [0.25, 0.3) is 0 Å². The Morgan fingerprint density at radius 3 is 2.33 bits per heavy atom. The first-order valence-corrected chi connectivity index (χ1v) is 25.1. The number of carbonyl (C=O) groups excluding carboxylic acids is 4. The maximum Gasteiger partial charge on any atom is 0.329 e. The average molecular weight is 967 g/mol. The Kier molecular flexibility index (Phi) is 23.0. The Morgan fingerprint density at radius 1 is 0.913 bits per heavy atom. The molecule has 0 spiro atoms. The summed E-state index contributed by atoms with van der Waals surface area (Å²) in [4.78, 5) is 64.0. The van der Waals surface area contributed by atoms with Crippen LogP contribution in [0.15, 0.2) is 52.8 Å². The predicted molar refractivity (Wildman–Crippen MR) is 262 cm³/mol. The summed E-state index contributed by atoms with van der Waals surface area (Å²) >= 11 is 0. The van der Waals surface area contributed by atoms with Crippen molar-refractivity contribution in [2.45, 2.75) is 180 Å². The summed E-state index contributed by atoms with van der Waals surface area (Å²) in [5.74, 6) is -4.92. The molecular weight excluding hydrogens is 885 g/mol. The number of terminal acetylenes is 1. The second-order valence-electron chi connectivity index (χ2n) is 20.2. The second kappa shape index (κ2) is 27.6. The fourth-order valence-electron chi connectivity index (χ4n) is 10.4. The number of nitrogens with zero attached hydrogens (tertiary/aromatic N) is 2. The summed E-state index contributed by atoms with van der Waals surface area (Å²) in [5.41, 5.74) is 1.78. The molecule has 2 saturated heterocycles. The lowest BCUT2D eigenvalue weighted by molar-refractivity contribution is -0.265. The van der Waals surface area contributed by atoms with Crippen molar-refractivity contribution in [2.75, 3.05) is 34.5 Å². The van der Waals surface area contributed by atoms with Gasteiger partial charge in [-0.15, -0.1) is 6.42 Å². The number of amides is 1. The second-order valence-corrected chi connectivity index (χ2v) is 20.2. The van der Waals surface area contributed by atoms with E-state index < -0.39 is 83.9 Å². The fourth-order valence-corrected chi connectivity index (χ4v) is 10.4. The van der Waals surface area contributed by atoms with Gasteiger partial charge in [0.25, 0.3) is 11.7 Å². The summed E-state index contributed by atoms with van der Waals surface area (Å²) in [5, 5.41) is 38.7. The van der Waals surface area contributed by atoms with E-state index in [1.165, 1.54) is 12.0 Å². The van der Waals surface area contributed by atoms with Crippen molar-refractivity contribution in [3.63, 3.8) is 0 Å². The van der Waals surface area contributed by atoms with E-state index in [1.807, 2.05) is 65.0 Å². The Hall–Kier alpha value is -4.01. The summed E-state index contributed by atoms with van der Waals surface area (Å²) in [6.07, 6.45) is 17.4. The van der Waals surface area contributed by atoms with E-state index in [0.717, 1.165) is 12.0 Å². The van der Waals surface area contributed by atoms with Crippen molar-refractivity contribution in [2.24, 2.45) is 40.7 Å². The van der Waals surface area contributed by atoms with E-state index in [1.54, 1.807) is 34.1 Å². The van der Waals surface area contributed by atoms with Crippen LogP contribution in [0.4, 0.5) is 0 Å². The molecule has 3 heterocycles. The summed E-state index contributed by atoms with van der Waals surface area (Å²) in [7, 11) is 4.56. The number of piperidine rings is 1. The lowest BCUT2D eigenvalue weighted by Gasteiger charge is -2.42. The van der Waals surface area contributed by atoms with Crippen molar-refractivity contribution in [3.05, 3.63) is 47.6 Å². The zero-order chi connectivity index (χ0) is 51.0. The molecule has 0 aromatic rings. The highest BCUT2D eigenvalue weighted by Gasteiger charge is 2.53. The predicted octanol–water partition coefficient (Wildman–Crippen LogP) is 6.62. The number of aliphatic hydroxyl groups is 3. The Labute approximate surface area is 411 Å². The monoisotopic (exact) mass is 967 g/mol. The number of rotatable bonds is 8. The van der Waals surface area contributed by atoms with E-state index in [-0.39, 0.29) is 55.6 Å². The first kappa shape index (κ1) is 57.6. The number of aliphatic hydroxyl groups excluding tert-OH is 2. The smallest absolute Gasteiger partial charge is 0.329 e. The van der Waals surface area contributed by atoms with Gasteiger partial charge >= 0.3 is 5.97 Å². The lowest BCUT2D eigenvalue weighted by atomic mass is 9.78. The van der Waals surface area contributed by atoms with E-state index >= 15 is 0 Å². The number of allylic oxidation sites excluding steroid dienone is 6. The number of Topliss-reactive ketones (excluding diaryl/α,β-unsaturated/α-hetero) is 2. The number of cyclic esters (lactones) is 1. The van der Waals surface area contributed by atoms with Crippen molar-refractivity contribution in [3.8, 4) is 12.3 Å².